The number of carbonyl (C=O) groups excluding carboxylic acids is 1. The molecule has 1 aromatic rings. The van der Waals surface area contributed by atoms with E-state index in [1.165, 1.54) is 19.3 Å². The van der Waals surface area contributed by atoms with E-state index in [1.807, 2.05) is 26.0 Å². The topological polar surface area (TPSA) is 73.6 Å². The number of anilines is 1. The Morgan fingerprint density at radius 3 is 2.59 bits per heavy atom. The molecule has 0 spiro atoms. The van der Waals surface area contributed by atoms with Gasteiger partial charge in [-0.15, -0.1) is 0 Å². The number of rotatable bonds is 8. The van der Waals surface area contributed by atoms with E-state index in [-0.39, 0.29) is 11.8 Å². The fourth-order valence-corrected chi connectivity index (χ4v) is 4.66. The number of fused-ring (bicyclic) bond motifs is 2. The maximum Gasteiger partial charge on any atom is 0.227 e. The Hall–Kier alpha value is -1.43. The molecule has 0 heterocycles. The molecule has 2 aliphatic rings. The standard InChI is InChI=1S/C22H34N2O3/c1-3-26-10-11-27-14-18-8-5-9-20(15(18)2)24-22(25)19-12-16-6-4-7-17(13-19)21(16)23/h5,8-9,16-17,19,21H,3-4,6-7,10-14,23H2,1-2H3,(H,24,25). The van der Waals surface area contributed by atoms with Crippen molar-refractivity contribution in [2.24, 2.45) is 23.5 Å². The lowest BCUT2D eigenvalue weighted by atomic mass is 9.65. The molecular formula is C22H34N2O3. The van der Waals surface area contributed by atoms with Crippen LogP contribution in [0.15, 0.2) is 18.2 Å². The zero-order valence-corrected chi connectivity index (χ0v) is 16.7. The van der Waals surface area contributed by atoms with E-state index >= 15 is 0 Å². The van der Waals surface area contributed by atoms with Gasteiger partial charge in [-0.25, -0.2) is 0 Å². The van der Waals surface area contributed by atoms with Gasteiger partial charge in [0.15, 0.2) is 0 Å². The third kappa shape index (κ3) is 5.09. The molecule has 0 aliphatic heterocycles. The fourth-order valence-electron chi connectivity index (χ4n) is 4.66. The molecule has 5 heteroatoms. The second kappa shape index (κ2) is 9.67. The molecule has 2 saturated carbocycles. The van der Waals surface area contributed by atoms with E-state index in [2.05, 4.69) is 11.4 Å². The monoisotopic (exact) mass is 374 g/mol. The lowest BCUT2D eigenvalue weighted by molar-refractivity contribution is -0.122. The molecule has 2 aliphatic carbocycles. The molecule has 1 amide bonds. The van der Waals surface area contributed by atoms with E-state index < -0.39 is 0 Å². The van der Waals surface area contributed by atoms with Gasteiger partial charge in [-0.3, -0.25) is 4.79 Å². The largest absolute Gasteiger partial charge is 0.379 e. The normalized spacial score (nSPS) is 27.4. The maximum absolute atomic E-state index is 12.9. The van der Waals surface area contributed by atoms with Crippen molar-refractivity contribution in [2.45, 2.75) is 58.6 Å². The van der Waals surface area contributed by atoms with Crippen molar-refractivity contribution >= 4 is 11.6 Å². The minimum absolute atomic E-state index is 0.0885. The Balaban J connectivity index is 1.57. The molecule has 2 bridgehead atoms. The molecule has 3 N–H and O–H groups in total. The van der Waals surface area contributed by atoms with Crippen LogP contribution in [-0.2, 0) is 20.9 Å². The molecule has 5 nitrogen and oxygen atoms in total. The Kier molecular flexibility index (Phi) is 7.27. The van der Waals surface area contributed by atoms with E-state index in [0.717, 1.165) is 29.7 Å². The molecule has 150 valence electrons. The average Bonchev–Trinajstić information content (AvgIpc) is 2.64. The van der Waals surface area contributed by atoms with E-state index in [9.17, 15) is 4.79 Å². The van der Waals surface area contributed by atoms with Gasteiger partial charge in [-0.05, 0) is 68.6 Å². The van der Waals surface area contributed by atoms with E-state index in [1.54, 1.807) is 0 Å². The van der Waals surface area contributed by atoms with Gasteiger partial charge in [0, 0.05) is 24.3 Å². The second-order valence-electron chi connectivity index (χ2n) is 8.03. The molecule has 0 radical (unpaired) electrons. The van der Waals surface area contributed by atoms with Crippen LogP contribution in [0.2, 0.25) is 0 Å². The van der Waals surface area contributed by atoms with Crippen molar-refractivity contribution in [2.75, 3.05) is 25.1 Å². The lowest BCUT2D eigenvalue weighted by Crippen LogP contribution is -2.48. The summed E-state index contributed by atoms with van der Waals surface area (Å²) in [7, 11) is 0. The van der Waals surface area contributed by atoms with E-state index in [4.69, 9.17) is 15.2 Å². The van der Waals surface area contributed by atoms with Gasteiger partial charge in [0.1, 0.15) is 0 Å². The van der Waals surface area contributed by atoms with Gasteiger partial charge in [0.25, 0.3) is 0 Å². The number of carbonyl (C=O) groups is 1. The minimum Gasteiger partial charge on any atom is -0.379 e. The SMILES string of the molecule is CCOCCOCc1cccc(NC(=O)C2CC3CCCC(C2)C3N)c1C. The molecule has 2 atom stereocenters. The van der Waals surface area contributed by atoms with Crippen LogP contribution >= 0.6 is 0 Å². The van der Waals surface area contributed by atoms with Crippen LogP contribution in [0.5, 0.6) is 0 Å². The number of nitrogens with one attached hydrogen (secondary N) is 1. The van der Waals surface area contributed by atoms with Crippen molar-refractivity contribution in [3.8, 4) is 0 Å². The lowest BCUT2D eigenvalue weighted by Gasteiger charge is -2.43. The predicted molar refractivity (Wildman–Crippen MR) is 107 cm³/mol. The summed E-state index contributed by atoms with van der Waals surface area (Å²) >= 11 is 0. The highest BCUT2D eigenvalue weighted by atomic mass is 16.5. The van der Waals surface area contributed by atoms with Gasteiger partial charge in [-0.1, -0.05) is 18.6 Å². The van der Waals surface area contributed by atoms with Gasteiger partial charge in [-0.2, -0.15) is 0 Å². The van der Waals surface area contributed by atoms with E-state index in [0.29, 0.717) is 44.3 Å². The van der Waals surface area contributed by atoms with Crippen molar-refractivity contribution < 1.29 is 14.3 Å². The number of ether oxygens (including phenoxy) is 2. The van der Waals surface area contributed by atoms with Gasteiger partial charge >= 0.3 is 0 Å². The highest BCUT2D eigenvalue weighted by molar-refractivity contribution is 5.93. The summed E-state index contributed by atoms with van der Waals surface area (Å²) in [6, 6.07) is 6.30. The number of nitrogens with two attached hydrogens (primary N) is 1. The maximum atomic E-state index is 12.9. The molecule has 2 unspecified atom stereocenters. The van der Waals surface area contributed by atoms with Crippen LogP contribution < -0.4 is 11.1 Å². The van der Waals surface area contributed by atoms with Crippen LogP contribution in [0.25, 0.3) is 0 Å². The average molecular weight is 375 g/mol. The minimum atomic E-state index is 0.0885. The summed E-state index contributed by atoms with van der Waals surface area (Å²) in [5.74, 6) is 1.26. The smallest absolute Gasteiger partial charge is 0.227 e. The molecule has 0 saturated heterocycles. The molecular weight excluding hydrogens is 340 g/mol. The first kappa shape index (κ1) is 20.3. The number of hydrogen-bond donors (Lipinski definition) is 2. The first-order valence-corrected chi connectivity index (χ1v) is 10.4. The highest BCUT2D eigenvalue weighted by Gasteiger charge is 2.40. The van der Waals surface area contributed by atoms with Crippen molar-refractivity contribution in [3.05, 3.63) is 29.3 Å². The molecule has 1 aromatic carbocycles. The number of benzene rings is 1. The summed E-state index contributed by atoms with van der Waals surface area (Å²) in [5, 5.41) is 3.18. The second-order valence-corrected chi connectivity index (χ2v) is 8.03. The van der Waals surface area contributed by atoms with Crippen LogP contribution in [0, 0.1) is 24.7 Å². The van der Waals surface area contributed by atoms with Gasteiger partial charge in [0.2, 0.25) is 5.91 Å². The Bertz CT molecular complexity index is 620. The van der Waals surface area contributed by atoms with Gasteiger partial charge < -0.3 is 20.5 Å². The summed E-state index contributed by atoms with van der Waals surface area (Å²) < 4.78 is 11.0. The molecule has 0 aromatic heterocycles. The fraction of sp³-hybridized carbons (Fsp3) is 0.682. The summed E-state index contributed by atoms with van der Waals surface area (Å²) in [4.78, 5) is 12.9. The van der Waals surface area contributed by atoms with Crippen molar-refractivity contribution in [3.63, 3.8) is 0 Å². The zero-order chi connectivity index (χ0) is 19.2. The first-order chi connectivity index (χ1) is 13.1. The first-order valence-electron chi connectivity index (χ1n) is 10.4. The van der Waals surface area contributed by atoms with Crippen LogP contribution in [0.3, 0.4) is 0 Å². The highest BCUT2D eigenvalue weighted by Crippen LogP contribution is 2.42. The summed E-state index contributed by atoms with van der Waals surface area (Å²) in [5.41, 5.74) is 9.44. The van der Waals surface area contributed by atoms with Crippen molar-refractivity contribution in [1.29, 1.82) is 0 Å². The molecule has 2 fully saturated rings. The van der Waals surface area contributed by atoms with Crippen LogP contribution in [-0.4, -0.2) is 31.8 Å². The van der Waals surface area contributed by atoms with Crippen LogP contribution in [0.1, 0.15) is 50.2 Å². The molecule has 27 heavy (non-hydrogen) atoms. The Morgan fingerprint density at radius 1 is 1.19 bits per heavy atom. The van der Waals surface area contributed by atoms with Crippen LogP contribution in [0.4, 0.5) is 5.69 Å². The number of hydrogen-bond acceptors (Lipinski definition) is 4. The Labute approximate surface area is 163 Å². The van der Waals surface area contributed by atoms with Crippen molar-refractivity contribution in [1.82, 2.24) is 0 Å². The summed E-state index contributed by atoms with van der Waals surface area (Å²) in [6.07, 6.45) is 5.48. The third-order valence-electron chi connectivity index (χ3n) is 6.32. The Morgan fingerprint density at radius 2 is 1.89 bits per heavy atom. The van der Waals surface area contributed by atoms with Gasteiger partial charge in [0.05, 0.1) is 19.8 Å². The zero-order valence-electron chi connectivity index (χ0n) is 16.7. The molecule has 3 rings (SSSR count). The third-order valence-corrected chi connectivity index (χ3v) is 6.32. The number of amides is 1. The quantitative estimate of drug-likeness (QED) is 0.681. The predicted octanol–water partition coefficient (Wildman–Crippen LogP) is 3.64. The summed E-state index contributed by atoms with van der Waals surface area (Å²) in [6.45, 7) is 6.45.